The summed E-state index contributed by atoms with van der Waals surface area (Å²) in [6.45, 7) is 1.92. The number of aryl methyl sites for hydroxylation is 1. The molecule has 1 N–H and O–H groups in total. The fraction of sp³-hybridized carbons (Fsp3) is 0.0769. The number of hydrogen-bond donors (Lipinski definition) is 1. The van der Waals surface area contributed by atoms with Gasteiger partial charge in [0.1, 0.15) is 5.58 Å². The Kier molecular flexibility index (Phi) is 5.64. The molecule has 5 rings (SSSR count). The summed E-state index contributed by atoms with van der Waals surface area (Å²) < 4.78 is 5.73. The van der Waals surface area contributed by atoms with Crippen molar-refractivity contribution in [3.05, 3.63) is 110 Å². The minimum Gasteiger partial charge on any atom is -0.503 e. The molecule has 1 unspecified atom stereocenters. The van der Waals surface area contributed by atoms with Crippen molar-refractivity contribution in [1.82, 2.24) is 0 Å². The standard InChI is InChI=1S/C26H16Cl3NO4/c1-13-2-6-17(7-3-13)30-23(14-4-8-18(28)19(29)11-14)22(25(32)26(30)33)24(31)21-12-15-10-16(27)5-9-20(15)34-21/h2-12,23,32H,1H3. The molecule has 0 fully saturated rings. The van der Waals surface area contributed by atoms with E-state index in [1.807, 2.05) is 19.1 Å². The second kappa shape index (κ2) is 8.51. The number of rotatable bonds is 4. The van der Waals surface area contributed by atoms with Crippen LogP contribution in [0.3, 0.4) is 0 Å². The molecular weight excluding hydrogens is 497 g/mol. The molecule has 0 spiro atoms. The van der Waals surface area contributed by atoms with Gasteiger partial charge < -0.3 is 9.52 Å². The summed E-state index contributed by atoms with van der Waals surface area (Å²) in [6.07, 6.45) is 0. The van der Waals surface area contributed by atoms with Gasteiger partial charge in [0.2, 0.25) is 5.78 Å². The molecule has 0 saturated carbocycles. The average molecular weight is 513 g/mol. The molecular formula is C26H16Cl3NO4. The number of ketones is 1. The number of nitrogens with zero attached hydrogens (tertiary/aromatic N) is 1. The van der Waals surface area contributed by atoms with Crippen LogP contribution in [0, 0.1) is 6.92 Å². The zero-order valence-electron chi connectivity index (χ0n) is 17.7. The van der Waals surface area contributed by atoms with E-state index in [1.165, 1.54) is 11.0 Å². The van der Waals surface area contributed by atoms with Crippen LogP contribution in [0.1, 0.15) is 27.7 Å². The summed E-state index contributed by atoms with van der Waals surface area (Å²) in [7, 11) is 0. The molecule has 4 aromatic rings. The van der Waals surface area contributed by atoms with Crippen molar-refractivity contribution in [3.8, 4) is 0 Å². The average Bonchev–Trinajstić information content (AvgIpc) is 3.34. The van der Waals surface area contributed by atoms with Crippen molar-refractivity contribution in [2.45, 2.75) is 13.0 Å². The van der Waals surface area contributed by atoms with Gasteiger partial charge >= 0.3 is 0 Å². The highest BCUT2D eigenvalue weighted by Crippen LogP contribution is 2.43. The molecule has 0 bridgehead atoms. The minimum absolute atomic E-state index is 0.0255. The number of carbonyl (C=O) groups excluding carboxylic acids is 2. The molecule has 2 heterocycles. The number of aliphatic hydroxyl groups excluding tert-OH is 1. The third-order valence-electron chi connectivity index (χ3n) is 5.73. The lowest BCUT2D eigenvalue weighted by atomic mass is 9.94. The van der Waals surface area contributed by atoms with Gasteiger partial charge in [0, 0.05) is 16.1 Å². The topological polar surface area (TPSA) is 70.8 Å². The van der Waals surface area contributed by atoms with Crippen LogP contribution in [0.4, 0.5) is 5.69 Å². The molecule has 0 aliphatic carbocycles. The first kappa shape index (κ1) is 22.5. The number of furan rings is 1. The zero-order valence-corrected chi connectivity index (χ0v) is 19.9. The van der Waals surface area contributed by atoms with Crippen LogP contribution in [0.25, 0.3) is 11.0 Å². The fourth-order valence-corrected chi connectivity index (χ4v) is 4.55. The molecule has 170 valence electrons. The molecule has 0 saturated heterocycles. The Labute approximate surface area is 209 Å². The molecule has 34 heavy (non-hydrogen) atoms. The zero-order chi connectivity index (χ0) is 24.1. The molecule has 1 aliphatic heterocycles. The van der Waals surface area contributed by atoms with Crippen LogP contribution in [-0.2, 0) is 4.79 Å². The number of Topliss-reactive ketones (excluding diaryl/α,β-unsaturated/α-hetero) is 1. The van der Waals surface area contributed by atoms with Crippen LogP contribution < -0.4 is 4.90 Å². The van der Waals surface area contributed by atoms with Crippen molar-refractivity contribution in [3.63, 3.8) is 0 Å². The number of amides is 1. The van der Waals surface area contributed by atoms with Crippen molar-refractivity contribution in [2.75, 3.05) is 4.90 Å². The summed E-state index contributed by atoms with van der Waals surface area (Å²) in [6, 6.07) is 17.6. The van der Waals surface area contributed by atoms with E-state index >= 15 is 0 Å². The largest absolute Gasteiger partial charge is 0.503 e. The third-order valence-corrected chi connectivity index (χ3v) is 6.70. The van der Waals surface area contributed by atoms with E-state index < -0.39 is 23.5 Å². The van der Waals surface area contributed by atoms with Crippen LogP contribution in [0.2, 0.25) is 15.1 Å². The van der Waals surface area contributed by atoms with E-state index in [0.717, 1.165) is 5.56 Å². The maximum atomic E-state index is 13.6. The van der Waals surface area contributed by atoms with E-state index in [-0.39, 0.29) is 16.4 Å². The van der Waals surface area contributed by atoms with Gasteiger partial charge in [-0.3, -0.25) is 14.5 Å². The molecule has 1 amide bonds. The lowest BCUT2D eigenvalue weighted by Gasteiger charge is -2.27. The number of aliphatic hydroxyl groups is 1. The van der Waals surface area contributed by atoms with Gasteiger partial charge in [-0.15, -0.1) is 0 Å². The predicted octanol–water partition coefficient (Wildman–Crippen LogP) is 7.48. The Morgan fingerprint density at radius 1 is 0.941 bits per heavy atom. The van der Waals surface area contributed by atoms with Gasteiger partial charge in [0.15, 0.2) is 11.5 Å². The summed E-state index contributed by atoms with van der Waals surface area (Å²) >= 11 is 18.4. The van der Waals surface area contributed by atoms with Gasteiger partial charge in [-0.1, -0.05) is 58.6 Å². The number of benzene rings is 3. The Balaban J connectivity index is 1.67. The third kappa shape index (κ3) is 3.76. The van der Waals surface area contributed by atoms with Crippen LogP contribution in [0.5, 0.6) is 0 Å². The summed E-state index contributed by atoms with van der Waals surface area (Å²) in [5, 5.41) is 12.6. The lowest BCUT2D eigenvalue weighted by molar-refractivity contribution is -0.117. The number of hydrogen-bond acceptors (Lipinski definition) is 4. The van der Waals surface area contributed by atoms with Gasteiger partial charge in [-0.25, -0.2) is 0 Å². The number of fused-ring (bicyclic) bond motifs is 1. The van der Waals surface area contributed by atoms with E-state index in [0.29, 0.717) is 32.3 Å². The molecule has 1 atom stereocenters. The Bertz CT molecular complexity index is 1500. The SMILES string of the molecule is Cc1ccc(N2C(=O)C(O)=C(C(=O)c3cc4cc(Cl)ccc4o3)C2c2ccc(Cl)c(Cl)c2)cc1. The van der Waals surface area contributed by atoms with Gasteiger partial charge in [0.25, 0.3) is 5.91 Å². The highest BCUT2D eigenvalue weighted by atomic mass is 35.5. The fourth-order valence-electron chi connectivity index (χ4n) is 4.07. The number of halogens is 3. The number of anilines is 1. The second-order valence-electron chi connectivity index (χ2n) is 7.97. The monoisotopic (exact) mass is 511 g/mol. The Hall–Kier alpha value is -3.25. The van der Waals surface area contributed by atoms with Crippen LogP contribution >= 0.6 is 34.8 Å². The lowest BCUT2D eigenvalue weighted by Crippen LogP contribution is -2.31. The minimum atomic E-state index is -0.950. The van der Waals surface area contributed by atoms with Gasteiger partial charge in [-0.2, -0.15) is 0 Å². The second-order valence-corrected chi connectivity index (χ2v) is 9.22. The Morgan fingerprint density at radius 2 is 1.68 bits per heavy atom. The van der Waals surface area contributed by atoms with E-state index in [2.05, 4.69) is 0 Å². The first-order valence-electron chi connectivity index (χ1n) is 10.3. The molecule has 1 aliphatic rings. The molecule has 0 radical (unpaired) electrons. The van der Waals surface area contributed by atoms with E-state index in [4.69, 9.17) is 39.2 Å². The van der Waals surface area contributed by atoms with Crippen molar-refractivity contribution in [1.29, 1.82) is 0 Å². The Morgan fingerprint density at radius 3 is 2.38 bits per heavy atom. The van der Waals surface area contributed by atoms with Gasteiger partial charge in [-0.05, 0) is 61.0 Å². The molecule has 8 heteroatoms. The van der Waals surface area contributed by atoms with Crippen molar-refractivity contribution >= 4 is 63.1 Å². The summed E-state index contributed by atoms with van der Waals surface area (Å²) in [4.78, 5) is 28.3. The maximum Gasteiger partial charge on any atom is 0.294 e. The normalized spacial score (nSPS) is 16.1. The molecule has 5 nitrogen and oxygen atoms in total. The first-order valence-corrected chi connectivity index (χ1v) is 11.4. The quantitative estimate of drug-likeness (QED) is 0.288. The molecule has 3 aromatic carbocycles. The van der Waals surface area contributed by atoms with Crippen LogP contribution in [-0.4, -0.2) is 16.8 Å². The number of carbonyl (C=O) groups is 2. The highest BCUT2D eigenvalue weighted by Gasteiger charge is 2.45. The smallest absolute Gasteiger partial charge is 0.294 e. The molecule has 1 aromatic heterocycles. The van der Waals surface area contributed by atoms with E-state index in [1.54, 1.807) is 48.5 Å². The van der Waals surface area contributed by atoms with Crippen LogP contribution in [0.15, 0.2) is 82.5 Å². The first-order chi connectivity index (χ1) is 16.2. The maximum absolute atomic E-state index is 13.6. The highest BCUT2D eigenvalue weighted by molar-refractivity contribution is 6.42. The summed E-state index contributed by atoms with van der Waals surface area (Å²) in [5.74, 6) is -2.01. The van der Waals surface area contributed by atoms with Gasteiger partial charge in [0.05, 0.1) is 21.7 Å². The van der Waals surface area contributed by atoms with E-state index in [9.17, 15) is 14.7 Å². The predicted molar refractivity (Wildman–Crippen MR) is 133 cm³/mol. The van der Waals surface area contributed by atoms with Crippen molar-refractivity contribution in [2.24, 2.45) is 0 Å². The summed E-state index contributed by atoms with van der Waals surface area (Å²) in [5.41, 5.74) is 2.36. The van der Waals surface area contributed by atoms with Crippen molar-refractivity contribution < 1.29 is 19.1 Å².